The predicted octanol–water partition coefficient (Wildman–Crippen LogP) is 5.11. The lowest BCUT2D eigenvalue weighted by atomic mass is 10.1. The van der Waals surface area contributed by atoms with E-state index >= 15 is 0 Å². The summed E-state index contributed by atoms with van der Waals surface area (Å²) in [5.41, 5.74) is 3.29. The molecule has 0 aliphatic carbocycles. The molecule has 0 aliphatic heterocycles. The van der Waals surface area contributed by atoms with Gasteiger partial charge in [0.25, 0.3) is 10.0 Å². The van der Waals surface area contributed by atoms with Gasteiger partial charge in [-0.15, -0.1) is 11.3 Å². The number of nitriles is 1. The first kappa shape index (κ1) is 20.1. The lowest BCUT2D eigenvalue weighted by Crippen LogP contribution is -2.13. The van der Waals surface area contributed by atoms with Crippen molar-refractivity contribution in [2.75, 3.05) is 4.72 Å². The van der Waals surface area contributed by atoms with E-state index in [1.165, 1.54) is 0 Å². The van der Waals surface area contributed by atoms with Crippen LogP contribution in [0.1, 0.15) is 16.1 Å². The van der Waals surface area contributed by atoms with Crippen LogP contribution < -0.4 is 4.72 Å². The molecule has 0 radical (unpaired) electrons. The molecule has 0 bridgehead atoms. The molecule has 0 spiro atoms. The summed E-state index contributed by atoms with van der Waals surface area (Å²) in [5.74, 6) is 0. The van der Waals surface area contributed by atoms with Crippen molar-refractivity contribution in [3.05, 3.63) is 95.1 Å². The topological polar surface area (TPSA) is 95.7 Å². The molecule has 0 amide bonds. The maximum Gasteiger partial charge on any atom is 0.264 e. The number of nitrogens with one attached hydrogen (secondary N) is 1. The number of anilines is 1. The van der Waals surface area contributed by atoms with Crippen molar-refractivity contribution in [2.45, 2.75) is 11.3 Å². The van der Waals surface area contributed by atoms with E-state index in [0.717, 1.165) is 26.2 Å². The monoisotopic (exact) mass is 456 g/mol. The largest absolute Gasteiger partial charge is 0.279 e. The first-order valence-electron chi connectivity index (χ1n) is 9.77. The number of sulfonamides is 1. The second-order valence-corrected chi connectivity index (χ2v) is 9.98. The van der Waals surface area contributed by atoms with Crippen LogP contribution in [0, 0.1) is 11.3 Å². The molecule has 6 nitrogen and oxygen atoms in total. The Morgan fingerprint density at radius 2 is 1.81 bits per heavy atom. The van der Waals surface area contributed by atoms with Crippen LogP contribution in [0.2, 0.25) is 0 Å². The summed E-state index contributed by atoms with van der Waals surface area (Å²) in [5, 5.41) is 10.6. The van der Waals surface area contributed by atoms with Gasteiger partial charge in [0.1, 0.15) is 4.90 Å². The molecule has 0 fully saturated rings. The number of nitrogens with zero attached hydrogens (tertiary/aromatic N) is 3. The zero-order valence-corrected chi connectivity index (χ0v) is 18.3. The fraction of sp³-hybridized carbons (Fsp3) is 0.0417. The second kappa shape index (κ2) is 8.04. The van der Waals surface area contributed by atoms with Gasteiger partial charge in [-0.2, -0.15) is 5.26 Å². The Hall–Kier alpha value is -3.80. The molecule has 1 N–H and O–H groups in total. The molecule has 2 heterocycles. The number of aromatic nitrogens is 2. The summed E-state index contributed by atoms with van der Waals surface area (Å²) in [6.07, 6.45) is 2.23. The van der Waals surface area contributed by atoms with Crippen LogP contribution in [0.5, 0.6) is 0 Å². The van der Waals surface area contributed by atoms with E-state index < -0.39 is 10.0 Å². The SMILES string of the molecule is N#Cc1ccc(Cc2nc3cc(NS(=O)(=O)c4cccc5cccnc45)ccc3s2)cc1. The van der Waals surface area contributed by atoms with Gasteiger partial charge in [-0.05, 0) is 48.0 Å². The third-order valence-corrected chi connectivity index (χ3v) is 7.46. The smallest absolute Gasteiger partial charge is 0.264 e. The first-order chi connectivity index (χ1) is 15.5. The Morgan fingerprint density at radius 3 is 2.62 bits per heavy atom. The van der Waals surface area contributed by atoms with E-state index in [2.05, 4.69) is 20.8 Å². The molecular weight excluding hydrogens is 440 g/mol. The second-order valence-electron chi connectivity index (χ2n) is 7.21. The van der Waals surface area contributed by atoms with Crippen molar-refractivity contribution < 1.29 is 8.42 Å². The van der Waals surface area contributed by atoms with Crippen molar-refractivity contribution in [1.29, 1.82) is 5.26 Å². The molecule has 8 heteroatoms. The highest BCUT2D eigenvalue weighted by molar-refractivity contribution is 7.93. The zero-order valence-electron chi connectivity index (χ0n) is 16.7. The normalized spacial score (nSPS) is 11.5. The van der Waals surface area contributed by atoms with Gasteiger partial charge >= 0.3 is 0 Å². The summed E-state index contributed by atoms with van der Waals surface area (Å²) in [6, 6.07) is 23.6. The third-order valence-electron chi connectivity index (χ3n) is 5.01. The van der Waals surface area contributed by atoms with E-state index in [4.69, 9.17) is 5.26 Å². The zero-order chi connectivity index (χ0) is 22.1. The van der Waals surface area contributed by atoms with Crippen LogP contribution >= 0.6 is 11.3 Å². The van der Waals surface area contributed by atoms with E-state index in [1.807, 2.05) is 30.3 Å². The maximum atomic E-state index is 13.1. The number of hydrogen-bond donors (Lipinski definition) is 1. The van der Waals surface area contributed by atoms with Crippen LogP contribution in [-0.4, -0.2) is 18.4 Å². The third kappa shape index (κ3) is 3.91. The number of benzene rings is 3. The molecule has 0 aliphatic rings. The van der Waals surface area contributed by atoms with Crippen LogP contribution in [0.25, 0.3) is 21.1 Å². The molecule has 0 atom stereocenters. The van der Waals surface area contributed by atoms with E-state index in [9.17, 15) is 8.42 Å². The van der Waals surface area contributed by atoms with Gasteiger partial charge in [0, 0.05) is 18.0 Å². The summed E-state index contributed by atoms with van der Waals surface area (Å²) < 4.78 is 29.7. The Bertz CT molecular complexity index is 1600. The lowest BCUT2D eigenvalue weighted by Gasteiger charge is -2.10. The van der Waals surface area contributed by atoms with Gasteiger partial charge < -0.3 is 0 Å². The highest BCUT2D eigenvalue weighted by Gasteiger charge is 2.19. The molecule has 0 unspecified atom stereocenters. The minimum Gasteiger partial charge on any atom is -0.279 e. The van der Waals surface area contributed by atoms with Crippen molar-refractivity contribution in [3.63, 3.8) is 0 Å². The number of fused-ring (bicyclic) bond motifs is 2. The summed E-state index contributed by atoms with van der Waals surface area (Å²) in [4.78, 5) is 9.05. The fourth-order valence-electron chi connectivity index (χ4n) is 3.49. The van der Waals surface area contributed by atoms with Crippen molar-refractivity contribution in [1.82, 2.24) is 9.97 Å². The number of pyridine rings is 1. The number of para-hydroxylation sites is 1. The summed E-state index contributed by atoms with van der Waals surface area (Å²) in [6.45, 7) is 0. The van der Waals surface area contributed by atoms with Crippen molar-refractivity contribution in [3.8, 4) is 6.07 Å². The van der Waals surface area contributed by atoms with Gasteiger partial charge in [0.05, 0.1) is 38.1 Å². The van der Waals surface area contributed by atoms with Gasteiger partial charge in [0.15, 0.2) is 0 Å². The van der Waals surface area contributed by atoms with Crippen LogP contribution in [0.3, 0.4) is 0 Å². The number of thiazole rings is 1. The van der Waals surface area contributed by atoms with Gasteiger partial charge in [-0.1, -0.05) is 30.3 Å². The van der Waals surface area contributed by atoms with Crippen molar-refractivity contribution >= 4 is 48.2 Å². The Balaban J connectivity index is 1.42. The Kier molecular flexibility index (Phi) is 5.05. The fourth-order valence-corrected chi connectivity index (χ4v) is 5.70. The average molecular weight is 457 g/mol. The van der Waals surface area contributed by atoms with Gasteiger partial charge in [0.2, 0.25) is 0 Å². The molecule has 0 saturated heterocycles. The minimum absolute atomic E-state index is 0.135. The summed E-state index contributed by atoms with van der Waals surface area (Å²) >= 11 is 1.56. The Labute approximate surface area is 188 Å². The quantitative estimate of drug-likeness (QED) is 0.397. The molecule has 3 aromatic carbocycles. The Morgan fingerprint density at radius 1 is 1.00 bits per heavy atom. The maximum absolute atomic E-state index is 13.1. The molecular formula is C24H16N4O2S2. The molecule has 0 saturated carbocycles. The van der Waals surface area contributed by atoms with Crippen LogP contribution in [0.4, 0.5) is 5.69 Å². The van der Waals surface area contributed by atoms with E-state index in [1.54, 1.807) is 60.0 Å². The average Bonchev–Trinajstić information content (AvgIpc) is 3.20. The van der Waals surface area contributed by atoms with Crippen LogP contribution in [-0.2, 0) is 16.4 Å². The van der Waals surface area contributed by atoms with Gasteiger partial charge in [-0.3, -0.25) is 9.71 Å². The van der Waals surface area contributed by atoms with Crippen LogP contribution in [0.15, 0.2) is 83.9 Å². The molecule has 2 aromatic heterocycles. The standard InChI is InChI=1S/C24H16N4O2S2/c25-15-17-8-6-16(7-9-17)13-23-27-20-14-19(10-11-21(20)31-23)28-32(29,30)22-5-1-3-18-4-2-12-26-24(18)22/h1-12,14,28H,13H2. The molecule has 5 aromatic rings. The lowest BCUT2D eigenvalue weighted by molar-refractivity contribution is 0.602. The van der Waals surface area contributed by atoms with E-state index in [-0.39, 0.29) is 4.90 Å². The van der Waals surface area contributed by atoms with Gasteiger partial charge in [-0.25, -0.2) is 13.4 Å². The number of rotatable bonds is 5. The molecule has 156 valence electrons. The minimum atomic E-state index is -3.82. The van der Waals surface area contributed by atoms with Crippen molar-refractivity contribution in [2.24, 2.45) is 0 Å². The first-order valence-corrected chi connectivity index (χ1v) is 12.1. The predicted molar refractivity (Wildman–Crippen MR) is 126 cm³/mol. The van der Waals surface area contributed by atoms with E-state index in [0.29, 0.717) is 23.2 Å². The molecule has 32 heavy (non-hydrogen) atoms. The highest BCUT2D eigenvalue weighted by atomic mass is 32.2. The molecule has 5 rings (SSSR count). The number of hydrogen-bond acceptors (Lipinski definition) is 6. The summed E-state index contributed by atoms with van der Waals surface area (Å²) in [7, 11) is -3.82. The highest BCUT2D eigenvalue weighted by Crippen LogP contribution is 2.29.